The molecule has 3 saturated heterocycles. The van der Waals surface area contributed by atoms with Gasteiger partial charge in [-0.15, -0.1) is 11.3 Å². The summed E-state index contributed by atoms with van der Waals surface area (Å²) in [6.07, 6.45) is 2.23. The number of anilines is 1. The molecule has 0 aliphatic carbocycles. The maximum Gasteiger partial charge on any atom is 0.346 e. The first-order valence-electron chi connectivity index (χ1n) is 14.5. The van der Waals surface area contributed by atoms with E-state index in [0.29, 0.717) is 40.1 Å². The largest absolute Gasteiger partial charge is 0.477 e. The van der Waals surface area contributed by atoms with Crippen molar-refractivity contribution in [3.05, 3.63) is 69.6 Å². The van der Waals surface area contributed by atoms with Gasteiger partial charge in [0.1, 0.15) is 21.3 Å². The van der Waals surface area contributed by atoms with Crippen LogP contribution in [0.1, 0.15) is 40.8 Å². The molecule has 4 aliphatic heterocycles. The highest BCUT2D eigenvalue weighted by Crippen LogP contribution is 2.53. The van der Waals surface area contributed by atoms with Crippen molar-refractivity contribution in [2.24, 2.45) is 5.41 Å². The van der Waals surface area contributed by atoms with Crippen molar-refractivity contribution in [1.29, 1.82) is 0 Å². The fourth-order valence-electron chi connectivity index (χ4n) is 6.91. The van der Waals surface area contributed by atoms with Crippen LogP contribution in [0.3, 0.4) is 0 Å². The van der Waals surface area contributed by atoms with E-state index in [1.807, 2.05) is 18.2 Å². The van der Waals surface area contributed by atoms with Crippen molar-refractivity contribution in [2.45, 2.75) is 44.7 Å². The van der Waals surface area contributed by atoms with Gasteiger partial charge in [-0.05, 0) is 55.8 Å². The van der Waals surface area contributed by atoms with Crippen LogP contribution in [0.5, 0.6) is 11.5 Å². The number of carboxylic acid groups (broad SMARTS) is 1. The van der Waals surface area contributed by atoms with Crippen LogP contribution in [0, 0.1) is 11.2 Å². The van der Waals surface area contributed by atoms with E-state index in [1.54, 1.807) is 25.1 Å². The first-order valence-corrected chi connectivity index (χ1v) is 15.7. The van der Waals surface area contributed by atoms with Crippen molar-refractivity contribution >= 4 is 44.9 Å². The van der Waals surface area contributed by atoms with Gasteiger partial charge in [0.2, 0.25) is 0 Å². The Labute approximate surface area is 256 Å². The lowest BCUT2D eigenvalue weighted by atomic mass is 9.78. The highest BCUT2D eigenvalue weighted by molar-refractivity contribution is 7.20. The first kappa shape index (κ1) is 27.2. The minimum atomic E-state index is -1.29. The number of para-hydroxylation sites is 1. The zero-order valence-corrected chi connectivity index (χ0v) is 25.1. The Hall–Kier alpha value is -3.38. The molecule has 1 spiro atoms. The molecule has 224 valence electrons. The molecular weight excluding hydrogens is 595 g/mol. The summed E-state index contributed by atoms with van der Waals surface area (Å²) in [5, 5.41) is 9.80. The van der Waals surface area contributed by atoms with E-state index >= 15 is 0 Å². The van der Waals surface area contributed by atoms with E-state index in [1.165, 1.54) is 17.4 Å². The number of carbonyl (C=O) groups is 1. The molecule has 0 radical (unpaired) electrons. The summed E-state index contributed by atoms with van der Waals surface area (Å²) >= 11 is 7.20. The summed E-state index contributed by atoms with van der Waals surface area (Å²) in [4.78, 5) is 22.3. The van der Waals surface area contributed by atoms with Gasteiger partial charge < -0.3 is 28.8 Å². The van der Waals surface area contributed by atoms with Crippen molar-refractivity contribution in [3.8, 4) is 11.5 Å². The van der Waals surface area contributed by atoms with E-state index in [-0.39, 0.29) is 11.5 Å². The number of carboxylic acids is 1. The standard InChI is InChI=1S/C31H30ClFN4O5S/c1-30(20-6-5-18(32)11-21(20)33)41-24-4-2-3-22(27(24)42-30)36-16-31(17-36)8-9-35(15-31)14-26-34-28-23(12-25(43-28)29(38)39)37(26)13-19-7-10-40-19/h2-6,11-12,19H,7-10,13-17H2,1H3,(H,38,39). The van der Waals surface area contributed by atoms with Crippen LogP contribution < -0.4 is 14.4 Å². The third kappa shape index (κ3) is 4.56. The number of rotatable bonds is 7. The van der Waals surface area contributed by atoms with Crippen LogP contribution in [0.4, 0.5) is 10.1 Å². The minimum Gasteiger partial charge on any atom is -0.477 e. The van der Waals surface area contributed by atoms with Crippen LogP contribution >= 0.6 is 22.9 Å². The molecule has 0 amide bonds. The summed E-state index contributed by atoms with van der Waals surface area (Å²) < 4.78 is 35.2. The molecule has 8 rings (SSSR count). The topological polar surface area (TPSA) is 89.3 Å². The zero-order chi connectivity index (χ0) is 29.5. The second-order valence-corrected chi connectivity index (χ2v) is 13.7. The smallest absolute Gasteiger partial charge is 0.346 e. The van der Waals surface area contributed by atoms with Crippen molar-refractivity contribution in [2.75, 3.05) is 37.7 Å². The number of fused-ring (bicyclic) bond motifs is 2. The number of aromatic carboxylic acids is 1. The number of ether oxygens (including phenoxy) is 3. The minimum absolute atomic E-state index is 0.145. The summed E-state index contributed by atoms with van der Waals surface area (Å²) in [7, 11) is 0. The maximum absolute atomic E-state index is 14.8. The Morgan fingerprint density at radius 1 is 1.21 bits per heavy atom. The molecule has 2 aromatic heterocycles. The molecule has 0 bridgehead atoms. The van der Waals surface area contributed by atoms with Crippen molar-refractivity contribution in [3.63, 3.8) is 0 Å². The number of aromatic nitrogens is 2. The molecule has 9 nitrogen and oxygen atoms in total. The molecule has 2 atom stereocenters. The SMILES string of the molecule is CC1(c2ccc(Cl)cc2F)Oc2cccc(N3CC4(CCN(Cc5nc6sc(C(=O)O)cc6n5CC5CCO5)C4)C3)c2O1. The third-order valence-corrected chi connectivity index (χ3v) is 10.4. The van der Waals surface area contributed by atoms with E-state index in [9.17, 15) is 14.3 Å². The quantitative estimate of drug-likeness (QED) is 0.279. The van der Waals surface area contributed by atoms with Crippen molar-refractivity contribution in [1.82, 2.24) is 14.5 Å². The second-order valence-electron chi connectivity index (χ2n) is 12.2. The Bertz CT molecular complexity index is 1770. The fraction of sp³-hybridized carbons (Fsp3) is 0.419. The predicted molar refractivity (Wildman–Crippen MR) is 160 cm³/mol. The van der Waals surface area contributed by atoms with Gasteiger partial charge in [-0.3, -0.25) is 4.90 Å². The lowest BCUT2D eigenvalue weighted by molar-refractivity contribution is -0.0706. The van der Waals surface area contributed by atoms with Gasteiger partial charge in [0.25, 0.3) is 5.79 Å². The van der Waals surface area contributed by atoms with Gasteiger partial charge in [-0.2, -0.15) is 0 Å². The van der Waals surface area contributed by atoms with Crippen LogP contribution in [0.25, 0.3) is 10.3 Å². The van der Waals surface area contributed by atoms with Gasteiger partial charge in [0, 0.05) is 43.6 Å². The summed E-state index contributed by atoms with van der Waals surface area (Å²) in [6, 6.07) is 12.1. The van der Waals surface area contributed by atoms with Crippen LogP contribution in [-0.2, 0) is 23.6 Å². The molecule has 3 fully saturated rings. The molecule has 0 saturated carbocycles. The lowest BCUT2D eigenvalue weighted by Crippen LogP contribution is -2.57. The lowest BCUT2D eigenvalue weighted by Gasteiger charge is -2.49. The second kappa shape index (κ2) is 9.82. The number of hydrogen-bond donors (Lipinski definition) is 1. The van der Waals surface area contributed by atoms with E-state index < -0.39 is 17.6 Å². The van der Waals surface area contributed by atoms with Crippen LogP contribution in [0.15, 0.2) is 42.5 Å². The number of likely N-dealkylation sites (tertiary alicyclic amines) is 1. The predicted octanol–water partition coefficient (Wildman–Crippen LogP) is 5.73. The van der Waals surface area contributed by atoms with Gasteiger partial charge in [-0.1, -0.05) is 17.7 Å². The molecule has 6 heterocycles. The Balaban J connectivity index is 0.969. The van der Waals surface area contributed by atoms with E-state index in [0.717, 1.165) is 67.5 Å². The van der Waals surface area contributed by atoms with Crippen LogP contribution in [-0.4, -0.2) is 64.4 Å². The number of benzene rings is 2. The molecule has 43 heavy (non-hydrogen) atoms. The van der Waals surface area contributed by atoms with Gasteiger partial charge in [0.05, 0.1) is 36.0 Å². The Morgan fingerprint density at radius 2 is 2.05 bits per heavy atom. The number of halogens is 2. The number of hydrogen-bond acceptors (Lipinski definition) is 8. The summed E-state index contributed by atoms with van der Waals surface area (Å²) in [5.41, 5.74) is 2.29. The van der Waals surface area contributed by atoms with Crippen LogP contribution in [0.2, 0.25) is 5.02 Å². The highest BCUT2D eigenvalue weighted by atomic mass is 35.5. The maximum atomic E-state index is 14.8. The molecular formula is C31H30ClFN4O5S. The summed E-state index contributed by atoms with van der Waals surface area (Å²) in [6.45, 7) is 7.58. The molecule has 2 aromatic carbocycles. The van der Waals surface area contributed by atoms with E-state index in [4.69, 9.17) is 30.8 Å². The van der Waals surface area contributed by atoms with Gasteiger partial charge in [0.15, 0.2) is 11.5 Å². The van der Waals surface area contributed by atoms with E-state index in [2.05, 4.69) is 14.4 Å². The first-order chi connectivity index (χ1) is 20.7. The monoisotopic (exact) mass is 624 g/mol. The summed E-state index contributed by atoms with van der Waals surface area (Å²) in [5.74, 6) is -0.495. The Kier molecular flexibility index (Phi) is 6.21. The average Bonchev–Trinajstić information content (AvgIpc) is 3.67. The van der Waals surface area contributed by atoms with Gasteiger partial charge in [-0.25, -0.2) is 14.2 Å². The zero-order valence-electron chi connectivity index (χ0n) is 23.5. The van der Waals surface area contributed by atoms with Crippen molar-refractivity contribution < 1.29 is 28.5 Å². The molecule has 1 N–H and O–H groups in total. The van der Waals surface area contributed by atoms with Gasteiger partial charge >= 0.3 is 5.97 Å². The molecule has 12 heteroatoms. The third-order valence-electron chi connectivity index (χ3n) is 9.17. The molecule has 2 unspecified atom stereocenters. The average molecular weight is 625 g/mol. The molecule has 4 aliphatic rings. The number of thiophene rings is 1. The number of imidazole rings is 1. The fourth-order valence-corrected chi connectivity index (χ4v) is 7.96. The number of nitrogens with zero attached hydrogens (tertiary/aromatic N) is 4. The highest BCUT2D eigenvalue weighted by Gasteiger charge is 2.50. The Morgan fingerprint density at radius 3 is 2.79 bits per heavy atom. The normalized spacial score (nSPS) is 24.1. The molecule has 4 aromatic rings.